The smallest absolute Gasteiger partial charge is 0.427 e. The lowest BCUT2D eigenvalue weighted by atomic mass is 9.60. The molecule has 2 aromatic rings. The van der Waals surface area contributed by atoms with Gasteiger partial charge in [-0.25, -0.2) is 4.79 Å². The molecule has 0 N–H and O–H groups in total. The molecule has 0 radical (unpaired) electrons. The third-order valence-electron chi connectivity index (χ3n) is 7.03. The number of piperidine rings is 1. The van der Waals surface area contributed by atoms with Crippen molar-refractivity contribution in [3.8, 4) is 5.75 Å². The van der Waals surface area contributed by atoms with Crippen molar-refractivity contribution in [2.45, 2.75) is 56.8 Å². The number of nitrogens with zero attached hydrogens (tertiary/aromatic N) is 3. The summed E-state index contributed by atoms with van der Waals surface area (Å²) >= 11 is 0. The second kappa shape index (κ2) is 10.4. The average Bonchev–Trinajstić information content (AvgIpc) is 3.32. The first-order valence-corrected chi connectivity index (χ1v) is 11.7. The molecule has 2 aliphatic rings. The summed E-state index contributed by atoms with van der Waals surface area (Å²) in [4.78, 5) is 13.7. The van der Waals surface area contributed by atoms with Crippen LogP contribution < -0.4 is 4.74 Å². The molecule has 4 rings (SSSR count). The number of methoxy groups -OCH3 is 1. The number of alkyl halides is 6. The van der Waals surface area contributed by atoms with Gasteiger partial charge in [-0.15, -0.1) is 0 Å². The maximum Gasteiger partial charge on any atom is 0.427 e. The maximum atomic E-state index is 13.5. The van der Waals surface area contributed by atoms with Crippen LogP contribution in [-0.4, -0.2) is 59.9 Å². The lowest BCUT2D eigenvalue weighted by Gasteiger charge is -2.51. The number of aromatic nitrogens is 2. The molecule has 2 heterocycles. The Morgan fingerprint density at radius 1 is 1.11 bits per heavy atom. The van der Waals surface area contributed by atoms with E-state index in [0.29, 0.717) is 37.0 Å². The number of rotatable bonds is 7. The number of ether oxygens (including phenoxy) is 3. The highest BCUT2D eigenvalue weighted by Crippen LogP contribution is 2.54. The molecule has 1 aliphatic heterocycles. The van der Waals surface area contributed by atoms with Gasteiger partial charge in [0.25, 0.3) is 0 Å². The molecule has 1 saturated carbocycles. The summed E-state index contributed by atoms with van der Waals surface area (Å²) in [7, 11) is 1.50. The number of hydrogen-bond donors (Lipinski definition) is 0. The van der Waals surface area contributed by atoms with Crippen LogP contribution in [0.3, 0.4) is 0 Å². The van der Waals surface area contributed by atoms with Crippen LogP contribution in [0.15, 0.2) is 36.7 Å². The minimum Gasteiger partial charge on any atom is -0.497 e. The number of likely N-dealkylation sites (tertiary alicyclic amines) is 1. The predicted octanol–water partition coefficient (Wildman–Crippen LogP) is 5.61. The Balaban J connectivity index is 1.24. The first-order valence-electron chi connectivity index (χ1n) is 11.7. The molecular weight excluding hydrogens is 508 g/mol. The molecule has 13 heteroatoms. The molecule has 2 fully saturated rings. The summed E-state index contributed by atoms with van der Waals surface area (Å²) in [6, 6.07) is 6.45. The Hall–Kier alpha value is -2.96. The first-order chi connectivity index (χ1) is 17.4. The summed E-state index contributed by atoms with van der Waals surface area (Å²) in [5.41, 5.74) is -0.340. The van der Waals surface area contributed by atoms with Crippen LogP contribution in [0, 0.1) is 5.41 Å². The monoisotopic (exact) mass is 535 g/mol. The van der Waals surface area contributed by atoms with Crippen LogP contribution in [-0.2, 0) is 22.3 Å². The molecule has 204 valence electrons. The minimum atomic E-state index is -4.80. The van der Waals surface area contributed by atoms with Gasteiger partial charge >= 0.3 is 18.4 Å². The summed E-state index contributed by atoms with van der Waals surface area (Å²) in [6.45, 7) is -0.530. The second-order valence-electron chi connectivity index (χ2n) is 9.53. The SMILES string of the molecule is COc1ccc(COC[C@@H](OC(=O)N2CCC3(CC2)CC(n2cc(C(F)(F)F)cn2)C3)C(F)(F)F)cc1. The van der Waals surface area contributed by atoms with Crippen LogP contribution in [0.5, 0.6) is 5.75 Å². The number of benzene rings is 1. The van der Waals surface area contributed by atoms with Gasteiger partial charge in [0.05, 0.1) is 38.1 Å². The minimum absolute atomic E-state index is 0.0950. The van der Waals surface area contributed by atoms with Gasteiger partial charge in [0.2, 0.25) is 6.10 Å². The van der Waals surface area contributed by atoms with E-state index in [4.69, 9.17) is 14.2 Å². The van der Waals surface area contributed by atoms with Crippen LogP contribution in [0.4, 0.5) is 31.1 Å². The molecule has 1 atom stereocenters. The van der Waals surface area contributed by atoms with Crippen molar-refractivity contribution in [1.29, 1.82) is 0 Å². The van der Waals surface area contributed by atoms with Crippen molar-refractivity contribution in [3.05, 3.63) is 47.8 Å². The van der Waals surface area contributed by atoms with E-state index < -0.39 is 36.7 Å². The molecule has 0 unspecified atom stereocenters. The topological polar surface area (TPSA) is 65.8 Å². The molecule has 1 aliphatic carbocycles. The van der Waals surface area contributed by atoms with E-state index in [-0.39, 0.29) is 31.2 Å². The Morgan fingerprint density at radius 2 is 1.76 bits per heavy atom. The molecule has 1 amide bonds. The first kappa shape index (κ1) is 27.1. The van der Waals surface area contributed by atoms with E-state index in [2.05, 4.69) is 5.10 Å². The zero-order valence-electron chi connectivity index (χ0n) is 20.0. The van der Waals surface area contributed by atoms with Gasteiger partial charge in [0.1, 0.15) is 5.75 Å². The van der Waals surface area contributed by atoms with E-state index in [0.717, 1.165) is 12.4 Å². The van der Waals surface area contributed by atoms with Crippen molar-refractivity contribution in [3.63, 3.8) is 0 Å². The van der Waals surface area contributed by atoms with Gasteiger partial charge in [-0.3, -0.25) is 4.68 Å². The number of hydrogen-bond acceptors (Lipinski definition) is 5. The highest BCUT2D eigenvalue weighted by atomic mass is 19.4. The van der Waals surface area contributed by atoms with Crippen molar-refractivity contribution < 1.29 is 45.3 Å². The largest absolute Gasteiger partial charge is 0.497 e. The lowest BCUT2D eigenvalue weighted by molar-refractivity contribution is -0.220. The highest BCUT2D eigenvalue weighted by molar-refractivity contribution is 5.68. The Morgan fingerprint density at radius 3 is 2.30 bits per heavy atom. The number of halogens is 6. The summed E-state index contributed by atoms with van der Waals surface area (Å²) < 4.78 is 95.1. The van der Waals surface area contributed by atoms with Gasteiger partial charge in [0, 0.05) is 19.3 Å². The van der Waals surface area contributed by atoms with Gasteiger partial charge in [0.15, 0.2) is 0 Å². The zero-order valence-corrected chi connectivity index (χ0v) is 20.0. The number of carbonyl (C=O) groups is 1. The third-order valence-corrected chi connectivity index (χ3v) is 7.03. The van der Waals surface area contributed by atoms with E-state index in [1.165, 1.54) is 16.7 Å². The van der Waals surface area contributed by atoms with Crippen LogP contribution in [0.25, 0.3) is 0 Å². The van der Waals surface area contributed by atoms with Gasteiger partial charge in [-0.05, 0) is 48.8 Å². The Labute approximate surface area is 209 Å². The summed E-state index contributed by atoms with van der Waals surface area (Å²) in [5.74, 6) is 0.601. The normalized spacial score (nSPS) is 18.9. The fourth-order valence-electron chi connectivity index (χ4n) is 4.78. The number of amides is 1. The molecule has 1 aromatic carbocycles. The molecule has 7 nitrogen and oxygen atoms in total. The highest BCUT2D eigenvalue weighted by Gasteiger charge is 2.49. The fraction of sp³-hybridized carbons (Fsp3) is 0.583. The van der Waals surface area contributed by atoms with Crippen molar-refractivity contribution in [2.75, 3.05) is 26.8 Å². The molecule has 1 saturated heterocycles. The van der Waals surface area contributed by atoms with E-state index >= 15 is 0 Å². The molecular formula is C24H27F6N3O4. The van der Waals surface area contributed by atoms with Crippen molar-refractivity contribution >= 4 is 6.09 Å². The average molecular weight is 535 g/mol. The van der Waals surface area contributed by atoms with Crippen molar-refractivity contribution in [2.24, 2.45) is 5.41 Å². The van der Waals surface area contributed by atoms with Gasteiger partial charge in [-0.2, -0.15) is 31.4 Å². The molecule has 1 aromatic heterocycles. The maximum absolute atomic E-state index is 13.5. The molecule has 37 heavy (non-hydrogen) atoms. The fourth-order valence-corrected chi connectivity index (χ4v) is 4.78. The summed E-state index contributed by atoms with van der Waals surface area (Å²) in [5, 5.41) is 3.82. The summed E-state index contributed by atoms with van der Waals surface area (Å²) in [6.07, 6.45) is -8.72. The van der Waals surface area contributed by atoms with Gasteiger partial charge < -0.3 is 19.1 Å². The van der Waals surface area contributed by atoms with Crippen LogP contribution in [0.2, 0.25) is 0 Å². The Kier molecular flexibility index (Phi) is 7.63. The standard InChI is InChI=1S/C24H27F6N3O4/c1-35-19-4-2-16(3-5-19)14-36-15-20(24(28,29)30)37-21(34)32-8-6-22(7-9-32)10-18(11-22)33-13-17(12-31-33)23(25,26)27/h2-5,12-13,18,20H,6-11,14-15H2,1H3/t20-/m1/s1. The van der Waals surface area contributed by atoms with Gasteiger partial charge in [-0.1, -0.05) is 12.1 Å². The zero-order chi connectivity index (χ0) is 26.8. The van der Waals surface area contributed by atoms with E-state index in [1.807, 2.05) is 0 Å². The number of carbonyl (C=O) groups excluding carboxylic acids is 1. The lowest BCUT2D eigenvalue weighted by Crippen LogP contribution is -2.50. The third kappa shape index (κ3) is 6.49. The van der Waals surface area contributed by atoms with Crippen molar-refractivity contribution in [1.82, 2.24) is 14.7 Å². The van der Waals surface area contributed by atoms with Crippen LogP contribution in [0.1, 0.15) is 42.9 Å². The van der Waals surface area contributed by atoms with E-state index in [1.54, 1.807) is 24.3 Å². The predicted molar refractivity (Wildman–Crippen MR) is 118 cm³/mol. The quantitative estimate of drug-likeness (QED) is 0.431. The van der Waals surface area contributed by atoms with Crippen LogP contribution >= 0.6 is 0 Å². The van der Waals surface area contributed by atoms with E-state index in [9.17, 15) is 31.1 Å². The Bertz CT molecular complexity index is 1050. The molecule has 1 spiro atoms. The second-order valence-corrected chi connectivity index (χ2v) is 9.53. The molecule has 0 bridgehead atoms.